The molecule has 6 heteroatoms. The van der Waals surface area contributed by atoms with E-state index in [-0.39, 0.29) is 5.82 Å². The zero-order valence-corrected chi connectivity index (χ0v) is 12.2. The molecule has 21 heavy (non-hydrogen) atoms. The first-order valence-corrected chi connectivity index (χ1v) is 7.41. The van der Waals surface area contributed by atoms with Crippen molar-refractivity contribution in [3.8, 4) is 11.3 Å². The number of rotatable bonds is 4. The summed E-state index contributed by atoms with van der Waals surface area (Å²) in [4.78, 5) is 16.7. The van der Waals surface area contributed by atoms with Crippen molar-refractivity contribution in [2.75, 3.05) is 0 Å². The van der Waals surface area contributed by atoms with Crippen LogP contribution in [-0.2, 0) is 6.42 Å². The molecule has 1 aromatic carbocycles. The molecule has 0 unspecified atom stereocenters. The second-order valence-electron chi connectivity index (χ2n) is 4.72. The van der Waals surface area contributed by atoms with Crippen LogP contribution in [0.1, 0.15) is 28.7 Å². The topological polar surface area (TPSA) is 54.6 Å². The number of hydrogen-bond acceptors (Lipinski definition) is 3. The summed E-state index contributed by atoms with van der Waals surface area (Å²) in [6.45, 7) is 2.01. The number of carboxylic acid groups (broad SMARTS) is 1. The number of halogens is 1. The van der Waals surface area contributed by atoms with Crippen molar-refractivity contribution >= 4 is 22.3 Å². The molecule has 0 saturated heterocycles. The Morgan fingerprint density at radius 1 is 1.38 bits per heavy atom. The first-order valence-electron chi connectivity index (χ1n) is 6.60. The smallest absolute Gasteiger partial charge is 0.347 e. The van der Waals surface area contributed by atoms with E-state index in [0.29, 0.717) is 16.3 Å². The molecule has 1 N–H and O–H groups in total. The molecule has 4 nitrogen and oxygen atoms in total. The second-order valence-corrected chi connectivity index (χ2v) is 5.70. The summed E-state index contributed by atoms with van der Waals surface area (Å²) < 4.78 is 14.8. The Morgan fingerprint density at radius 2 is 2.10 bits per heavy atom. The van der Waals surface area contributed by atoms with Crippen molar-refractivity contribution in [2.45, 2.75) is 19.8 Å². The number of benzene rings is 1. The van der Waals surface area contributed by atoms with Crippen molar-refractivity contribution in [3.05, 3.63) is 46.9 Å². The van der Waals surface area contributed by atoms with Crippen molar-refractivity contribution in [2.24, 2.45) is 0 Å². The fraction of sp³-hybridized carbons (Fsp3) is 0.200. The quantitative estimate of drug-likeness (QED) is 0.796. The molecule has 0 spiro atoms. The lowest BCUT2D eigenvalue weighted by atomic mass is 10.2. The van der Waals surface area contributed by atoms with Crippen LogP contribution in [0.25, 0.3) is 16.2 Å². The van der Waals surface area contributed by atoms with Crippen LogP contribution < -0.4 is 0 Å². The Balaban J connectivity index is 2.12. The van der Waals surface area contributed by atoms with Crippen LogP contribution in [0.2, 0.25) is 0 Å². The lowest BCUT2D eigenvalue weighted by Gasteiger charge is -1.99. The van der Waals surface area contributed by atoms with E-state index in [1.54, 1.807) is 12.1 Å². The fourth-order valence-corrected chi connectivity index (χ4v) is 3.28. The number of imidazole rings is 1. The lowest BCUT2D eigenvalue weighted by Crippen LogP contribution is -2.00. The summed E-state index contributed by atoms with van der Waals surface area (Å²) in [6, 6.07) is 6.11. The van der Waals surface area contributed by atoms with Gasteiger partial charge in [-0.2, -0.15) is 0 Å². The zero-order chi connectivity index (χ0) is 15.0. The molecule has 0 saturated carbocycles. The standard InChI is InChI=1S/C15H13FN2O2S/c1-2-3-12-13(14(19)20)21-15-17-11(8-18(12)15)9-4-6-10(16)7-5-9/h4-8H,2-3H2,1H3,(H,19,20). The first-order chi connectivity index (χ1) is 10.1. The number of carbonyl (C=O) groups is 1. The van der Waals surface area contributed by atoms with Gasteiger partial charge in [-0.15, -0.1) is 0 Å². The van der Waals surface area contributed by atoms with Gasteiger partial charge < -0.3 is 5.11 Å². The van der Waals surface area contributed by atoms with Crippen molar-refractivity contribution in [3.63, 3.8) is 0 Å². The van der Waals surface area contributed by atoms with Crippen LogP contribution in [0.15, 0.2) is 30.5 Å². The summed E-state index contributed by atoms with van der Waals surface area (Å²) in [6.07, 6.45) is 3.35. The molecule has 2 heterocycles. The van der Waals surface area contributed by atoms with Gasteiger partial charge in [-0.05, 0) is 30.7 Å². The Morgan fingerprint density at radius 3 is 2.71 bits per heavy atom. The van der Waals surface area contributed by atoms with Gasteiger partial charge in [0.25, 0.3) is 0 Å². The maximum Gasteiger partial charge on any atom is 0.347 e. The second kappa shape index (κ2) is 5.29. The minimum Gasteiger partial charge on any atom is -0.477 e. The van der Waals surface area contributed by atoms with Gasteiger partial charge in [0.1, 0.15) is 10.7 Å². The third-order valence-electron chi connectivity index (χ3n) is 3.24. The van der Waals surface area contributed by atoms with Gasteiger partial charge in [-0.1, -0.05) is 24.7 Å². The molecule has 3 aromatic rings. The van der Waals surface area contributed by atoms with E-state index in [1.165, 1.54) is 23.5 Å². The van der Waals surface area contributed by atoms with Crippen LogP contribution in [-0.4, -0.2) is 20.5 Å². The number of aromatic nitrogens is 2. The molecule has 0 aliphatic carbocycles. The SMILES string of the molecule is CCCc1c(C(=O)O)sc2nc(-c3ccc(F)cc3)cn12. The third-order valence-corrected chi connectivity index (χ3v) is 4.33. The van der Waals surface area contributed by atoms with E-state index >= 15 is 0 Å². The Hall–Kier alpha value is -2.21. The number of thiazole rings is 1. The predicted molar refractivity (Wildman–Crippen MR) is 79.4 cm³/mol. The maximum atomic E-state index is 13.0. The number of hydrogen-bond donors (Lipinski definition) is 1. The molecular formula is C15H13FN2O2S. The zero-order valence-electron chi connectivity index (χ0n) is 11.3. The van der Waals surface area contributed by atoms with Crippen LogP contribution in [0.4, 0.5) is 4.39 Å². The Kier molecular flexibility index (Phi) is 3.47. The fourth-order valence-electron chi connectivity index (χ4n) is 2.29. The molecular weight excluding hydrogens is 291 g/mol. The van der Waals surface area contributed by atoms with E-state index in [1.807, 2.05) is 17.5 Å². The first kappa shape index (κ1) is 13.8. The van der Waals surface area contributed by atoms with Gasteiger partial charge in [0.05, 0.1) is 5.69 Å². The summed E-state index contributed by atoms with van der Waals surface area (Å²) in [5.74, 6) is -1.21. The van der Waals surface area contributed by atoms with Crippen molar-refractivity contribution < 1.29 is 14.3 Å². The van der Waals surface area contributed by atoms with E-state index < -0.39 is 5.97 Å². The molecule has 3 rings (SSSR count). The minimum absolute atomic E-state index is 0.292. The molecule has 2 aromatic heterocycles. The molecule has 0 aliphatic rings. The molecule has 108 valence electrons. The van der Waals surface area contributed by atoms with Crippen molar-refractivity contribution in [1.82, 2.24) is 9.38 Å². The van der Waals surface area contributed by atoms with Gasteiger partial charge in [-0.25, -0.2) is 14.2 Å². The van der Waals surface area contributed by atoms with E-state index in [9.17, 15) is 14.3 Å². The molecule has 0 fully saturated rings. The highest BCUT2D eigenvalue weighted by molar-refractivity contribution is 7.19. The Labute approximate surface area is 124 Å². The van der Waals surface area contributed by atoms with Gasteiger partial charge >= 0.3 is 5.97 Å². The van der Waals surface area contributed by atoms with Gasteiger partial charge in [-0.3, -0.25) is 4.40 Å². The average Bonchev–Trinajstić information content (AvgIpc) is 2.99. The summed E-state index contributed by atoms with van der Waals surface area (Å²) in [5.41, 5.74) is 2.30. The van der Waals surface area contributed by atoms with E-state index in [0.717, 1.165) is 23.4 Å². The summed E-state index contributed by atoms with van der Waals surface area (Å²) in [7, 11) is 0. The molecule has 0 atom stereocenters. The number of aryl methyl sites for hydroxylation is 1. The van der Waals surface area contributed by atoms with E-state index in [2.05, 4.69) is 4.98 Å². The van der Waals surface area contributed by atoms with E-state index in [4.69, 9.17) is 0 Å². The highest BCUT2D eigenvalue weighted by Gasteiger charge is 2.19. The molecule has 0 amide bonds. The normalized spacial score (nSPS) is 11.1. The number of nitrogens with zero attached hydrogens (tertiary/aromatic N) is 2. The van der Waals surface area contributed by atoms with Gasteiger partial charge in [0.2, 0.25) is 0 Å². The number of fused-ring (bicyclic) bond motifs is 1. The lowest BCUT2D eigenvalue weighted by molar-refractivity contribution is 0.0700. The third kappa shape index (κ3) is 2.42. The van der Waals surface area contributed by atoms with Gasteiger partial charge in [0, 0.05) is 17.5 Å². The highest BCUT2D eigenvalue weighted by Crippen LogP contribution is 2.28. The Bertz CT molecular complexity index is 805. The minimum atomic E-state index is -0.919. The van der Waals surface area contributed by atoms with Crippen LogP contribution >= 0.6 is 11.3 Å². The highest BCUT2D eigenvalue weighted by atomic mass is 32.1. The predicted octanol–water partition coefficient (Wildman–Crippen LogP) is 3.85. The van der Waals surface area contributed by atoms with Crippen molar-refractivity contribution in [1.29, 1.82) is 0 Å². The molecule has 0 radical (unpaired) electrons. The number of aromatic carboxylic acids is 1. The van der Waals surface area contributed by atoms with Crippen LogP contribution in [0.3, 0.4) is 0 Å². The van der Waals surface area contributed by atoms with Crippen LogP contribution in [0, 0.1) is 5.82 Å². The molecule has 0 bridgehead atoms. The summed E-state index contributed by atoms with van der Waals surface area (Å²) >= 11 is 1.17. The summed E-state index contributed by atoms with van der Waals surface area (Å²) in [5, 5.41) is 9.26. The number of carboxylic acids is 1. The van der Waals surface area contributed by atoms with Gasteiger partial charge in [0.15, 0.2) is 4.96 Å². The maximum absolute atomic E-state index is 13.0. The van der Waals surface area contributed by atoms with Crippen LogP contribution in [0.5, 0.6) is 0 Å². The largest absolute Gasteiger partial charge is 0.477 e. The monoisotopic (exact) mass is 304 g/mol. The average molecular weight is 304 g/mol. The molecule has 0 aliphatic heterocycles.